The number of aromatic nitrogens is 6. The maximum Gasteiger partial charge on any atom is 0.254 e. The average Bonchev–Trinajstić information content (AvgIpc) is 3.17. The lowest BCUT2D eigenvalue weighted by atomic mass is 10.1. The number of hydrogen-bond acceptors (Lipinski definition) is 7. The first kappa shape index (κ1) is 18.8. The van der Waals surface area contributed by atoms with Crippen LogP contribution in [0.4, 0.5) is 5.82 Å². The molecule has 0 radical (unpaired) electrons. The monoisotopic (exact) mass is 372 g/mol. The van der Waals surface area contributed by atoms with Crippen LogP contribution in [0.3, 0.4) is 0 Å². The number of carbonyl (C=O) groups excluding carboxylic acids is 1. The van der Waals surface area contributed by atoms with Crippen molar-refractivity contribution in [2.75, 3.05) is 18.4 Å². The van der Waals surface area contributed by atoms with Gasteiger partial charge in [0.1, 0.15) is 12.1 Å². The van der Waals surface area contributed by atoms with Gasteiger partial charge in [-0.2, -0.15) is 19.7 Å². The Hall–Kier alpha value is -3.01. The van der Waals surface area contributed by atoms with Gasteiger partial charge < -0.3 is 15.7 Å². The second-order valence-corrected chi connectivity index (χ2v) is 7.05. The van der Waals surface area contributed by atoms with E-state index in [4.69, 9.17) is 0 Å². The van der Waals surface area contributed by atoms with Crippen LogP contribution in [0.15, 0.2) is 18.6 Å². The summed E-state index contributed by atoms with van der Waals surface area (Å²) in [4.78, 5) is 20.7. The number of carbonyl (C=O) groups is 1. The third-order valence-corrected chi connectivity index (χ3v) is 3.98. The molecule has 10 heteroatoms. The van der Waals surface area contributed by atoms with Gasteiger partial charge in [0, 0.05) is 30.5 Å². The largest absolute Gasteiger partial charge is 0.389 e. The van der Waals surface area contributed by atoms with Crippen LogP contribution in [0.25, 0.3) is 5.78 Å². The van der Waals surface area contributed by atoms with Gasteiger partial charge in [-0.15, -0.1) is 0 Å². The first-order valence-corrected chi connectivity index (χ1v) is 8.69. The summed E-state index contributed by atoms with van der Waals surface area (Å²) in [6.07, 6.45) is 2.97. The van der Waals surface area contributed by atoms with Gasteiger partial charge in [0.05, 0.1) is 23.9 Å². The van der Waals surface area contributed by atoms with Crippen molar-refractivity contribution in [3.05, 3.63) is 35.5 Å². The van der Waals surface area contributed by atoms with Gasteiger partial charge >= 0.3 is 0 Å². The summed E-state index contributed by atoms with van der Waals surface area (Å²) in [6, 6.07) is 1.87. The number of fused-ring (bicyclic) bond motifs is 1. The Bertz CT molecular complexity index is 954. The molecule has 0 aliphatic heterocycles. The van der Waals surface area contributed by atoms with E-state index in [0.29, 0.717) is 31.0 Å². The molecule has 0 spiro atoms. The molecule has 3 heterocycles. The topological polar surface area (TPSA) is 122 Å². The van der Waals surface area contributed by atoms with E-state index < -0.39 is 5.60 Å². The minimum absolute atomic E-state index is 0.201. The predicted molar refractivity (Wildman–Crippen MR) is 99.6 cm³/mol. The normalized spacial score (nSPS) is 11.7. The van der Waals surface area contributed by atoms with Crippen molar-refractivity contribution in [1.82, 2.24) is 34.7 Å². The molecular weight excluding hydrogens is 348 g/mol. The molecule has 10 nitrogen and oxygen atoms in total. The minimum Gasteiger partial charge on any atom is -0.389 e. The van der Waals surface area contributed by atoms with Gasteiger partial charge in [0.25, 0.3) is 11.7 Å². The van der Waals surface area contributed by atoms with Crippen LogP contribution in [0.2, 0.25) is 0 Å². The van der Waals surface area contributed by atoms with E-state index >= 15 is 0 Å². The molecule has 0 unspecified atom stereocenters. The molecule has 3 aromatic heterocycles. The molecule has 0 saturated carbocycles. The zero-order chi connectivity index (χ0) is 19.6. The summed E-state index contributed by atoms with van der Waals surface area (Å²) >= 11 is 0. The predicted octanol–water partition coefficient (Wildman–Crippen LogP) is 0.550. The standard InChI is InChI=1S/C17H24N8O2/c1-11-7-14(25-16(23-11)20-10-22-25)18-5-6-19-15(26)13-8-21-24(12(13)2)9-17(3,4)27/h7-8,10,18,27H,5-6,9H2,1-4H3,(H,19,26). The summed E-state index contributed by atoms with van der Waals surface area (Å²) in [5, 5.41) is 24.3. The molecule has 3 aromatic rings. The van der Waals surface area contributed by atoms with Gasteiger partial charge in [-0.25, -0.2) is 4.98 Å². The van der Waals surface area contributed by atoms with E-state index in [2.05, 4.69) is 30.8 Å². The Balaban J connectivity index is 1.56. The number of nitrogens with one attached hydrogen (secondary N) is 2. The lowest BCUT2D eigenvalue weighted by molar-refractivity contribution is 0.0569. The highest BCUT2D eigenvalue weighted by Crippen LogP contribution is 2.12. The summed E-state index contributed by atoms with van der Waals surface area (Å²) in [5.41, 5.74) is 1.15. The maximum absolute atomic E-state index is 12.4. The quantitative estimate of drug-likeness (QED) is 0.518. The fraction of sp³-hybridized carbons (Fsp3) is 0.471. The van der Waals surface area contributed by atoms with Crippen LogP contribution in [-0.4, -0.2) is 59.1 Å². The Morgan fingerprint density at radius 2 is 2.04 bits per heavy atom. The SMILES string of the molecule is Cc1cc(NCCNC(=O)c2cnn(CC(C)(C)O)c2C)n2ncnc2n1. The van der Waals surface area contributed by atoms with Crippen molar-refractivity contribution in [3.8, 4) is 0 Å². The van der Waals surface area contributed by atoms with Gasteiger partial charge in [-0.3, -0.25) is 9.48 Å². The van der Waals surface area contributed by atoms with E-state index in [1.165, 1.54) is 12.5 Å². The molecule has 0 atom stereocenters. The van der Waals surface area contributed by atoms with E-state index in [0.717, 1.165) is 17.2 Å². The first-order chi connectivity index (χ1) is 12.7. The highest BCUT2D eigenvalue weighted by Gasteiger charge is 2.19. The number of anilines is 1. The average molecular weight is 372 g/mol. The van der Waals surface area contributed by atoms with Gasteiger partial charge in [0.15, 0.2) is 0 Å². The van der Waals surface area contributed by atoms with Gasteiger partial charge in [-0.05, 0) is 27.7 Å². The van der Waals surface area contributed by atoms with Crippen LogP contribution in [0, 0.1) is 13.8 Å². The summed E-state index contributed by atoms with van der Waals surface area (Å²) < 4.78 is 3.24. The number of hydrogen-bond donors (Lipinski definition) is 3. The van der Waals surface area contributed by atoms with Crippen molar-refractivity contribution in [3.63, 3.8) is 0 Å². The van der Waals surface area contributed by atoms with Crippen molar-refractivity contribution in [1.29, 1.82) is 0 Å². The number of rotatable bonds is 7. The molecule has 0 aromatic carbocycles. The molecule has 3 N–H and O–H groups in total. The smallest absolute Gasteiger partial charge is 0.254 e. The fourth-order valence-electron chi connectivity index (χ4n) is 2.71. The van der Waals surface area contributed by atoms with Crippen molar-refractivity contribution in [2.45, 2.75) is 39.8 Å². The second kappa shape index (κ2) is 7.31. The molecule has 1 amide bonds. The van der Waals surface area contributed by atoms with Crippen LogP contribution in [-0.2, 0) is 6.54 Å². The number of nitrogens with zero attached hydrogens (tertiary/aromatic N) is 6. The Morgan fingerprint density at radius 1 is 1.26 bits per heavy atom. The zero-order valence-corrected chi connectivity index (χ0v) is 15.9. The minimum atomic E-state index is -0.899. The summed E-state index contributed by atoms with van der Waals surface area (Å²) in [7, 11) is 0. The number of aliphatic hydroxyl groups is 1. The maximum atomic E-state index is 12.4. The van der Waals surface area contributed by atoms with Gasteiger partial charge in [0.2, 0.25) is 0 Å². The van der Waals surface area contributed by atoms with Crippen LogP contribution >= 0.6 is 0 Å². The molecule has 0 aliphatic carbocycles. The molecule has 0 bridgehead atoms. The van der Waals surface area contributed by atoms with Crippen molar-refractivity contribution < 1.29 is 9.90 Å². The highest BCUT2D eigenvalue weighted by atomic mass is 16.3. The Kier molecular flexibility index (Phi) is 5.08. The van der Waals surface area contributed by atoms with Crippen molar-refractivity contribution >= 4 is 17.5 Å². The number of amides is 1. The van der Waals surface area contributed by atoms with Crippen LogP contribution in [0.1, 0.15) is 35.6 Å². The molecule has 3 rings (SSSR count). The third kappa shape index (κ3) is 4.40. The second-order valence-electron chi connectivity index (χ2n) is 7.05. The molecule has 0 fully saturated rings. The molecular formula is C17H24N8O2. The molecule has 27 heavy (non-hydrogen) atoms. The van der Waals surface area contributed by atoms with Crippen LogP contribution in [0.5, 0.6) is 0 Å². The Labute approximate surface area is 156 Å². The van der Waals surface area contributed by atoms with E-state index in [9.17, 15) is 9.90 Å². The first-order valence-electron chi connectivity index (χ1n) is 8.69. The number of aryl methyl sites for hydroxylation is 1. The fourth-order valence-corrected chi connectivity index (χ4v) is 2.71. The zero-order valence-electron chi connectivity index (χ0n) is 15.9. The molecule has 0 saturated heterocycles. The van der Waals surface area contributed by atoms with Gasteiger partial charge in [-0.1, -0.05) is 0 Å². The summed E-state index contributed by atoms with van der Waals surface area (Å²) in [5.74, 6) is 1.09. The van der Waals surface area contributed by atoms with Crippen molar-refractivity contribution in [2.24, 2.45) is 0 Å². The lowest BCUT2D eigenvalue weighted by Gasteiger charge is -2.18. The molecule has 144 valence electrons. The lowest BCUT2D eigenvalue weighted by Crippen LogP contribution is -2.30. The van der Waals surface area contributed by atoms with E-state index in [1.807, 2.05) is 19.9 Å². The summed E-state index contributed by atoms with van der Waals surface area (Å²) in [6.45, 7) is 8.36. The van der Waals surface area contributed by atoms with E-state index in [-0.39, 0.29) is 5.91 Å². The van der Waals surface area contributed by atoms with Crippen LogP contribution < -0.4 is 10.6 Å². The van der Waals surface area contributed by atoms with E-state index in [1.54, 1.807) is 23.0 Å². The molecule has 0 aliphatic rings. The highest BCUT2D eigenvalue weighted by molar-refractivity contribution is 5.95. The Morgan fingerprint density at radius 3 is 2.78 bits per heavy atom. The third-order valence-electron chi connectivity index (χ3n) is 3.98.